The molecule has 0 aromatic carbocycles. The number of rotatable bonds is 5. The van der Waals surface area contributed by atoms with Crippen molar-refractivity contribution in [1.29, 1.82) is 0 Å². The molecule has 1 unspecified atom stereocenters. The Morgan fingerprint density at radius 3 is 2.72 bits per heavy atom. The largest absolute Gasteiger partial charge is 0.340 e. The molecule has 7 nitrogen and oxygen atoms in total. The van der Waals surface area contributed by atoms with Crippen molar-refractivity contribution in [3.05, 3.63) is 33.0 Å². The van der Waals surface area contributed by atoms with E-state index in [0.717, 1.165) is 39.1 Å². The number of nitrogens with zero attached hydrogens (tertiary/aromatic N) is 3. The molecule has 154 valence electrons. The summed E-state index contributed by atoms with van der Waals surface area (Å²) in [6.07, 6.45) is 1.80. The normalized spacial score (nSPS) is 19.8. The summed E-state index contributed by atoms with van der Waals surface area (Å²) in [5.41, 5.74) is 0.635. The van der Waals surface area contributed by atoms with Gasteiger partial charge < -0.3 is 4.90 Å². The third-order valence-electron chi connectivity index (χ3n) is 5.36. The average molecular weight is 433 g/mol. The van der Waals surface area contributed by atoms with Gasteiger partial charge in [0.2, 0.25) is 5.91 Å². The number of thiophene rings is 1. The van der Waals surface area contributed by atoms with Crippen LogP contribution in [0.2, 0.25) is 0 Å². The molecule has 1 saturated heterocycles. The number of fused-ring (bicyclic) bond motifs is 1. The van der Waals surface area contributed by atoms with Crippen LogP contribution in [0.3, 0.4) is 0 Å². The Hall–Kier alpha value is -2.10. The number of thiazole rings is 1. The zero-order valence-electron chi connectivity index (χ0n) is 16.3. The van der Waals surface area contributed by atoms with Crippen LogP contribution in [0.15, 0.2) is 17.5 Å². The second-order valence-electron chi connectivity index (χ2n) is 7.42. The third-order valence-corrected chi connectivity index (χ3v) is 7.28. The van der Waals surface area contributed by atoms with Gasteiger partial charge in [-0.3, -0.25) is 24.6 Å². The van der Waals surface area contributed by atoms with Crippen LogP contribution in [0, 0.1) is 5.92 Å². The van der Waals surface area contributed by atoms with Gasteiger partial charge in [-0.2, -0.15) is 0 Å². The van der Waals surface area contributed by atoms with Gasteiger partial charge in [0.1, 0.15) is 0 Å². The maximum absolute atomic E-state index is 13.0. The Morgan fingerprint density at radius 2 is 2.03 bits per heavy atom. The highest BCUT2D eigenvalue weighted by atomic mass is 32.1. The number of hydrogen-bond acceptors (Lipinski definition) is 7. The van der Waals surface area contributed by atoms with E-state index in [2.05, 4.69) is 22.1 Å². The lowest BCUT2D eigenvalue weighted by Gasteiger charge is -2.36. The molecule has 0 radical (unpaired) electrons. The van der Waals surface area contributed by atoms with E-state index in [1.165, 1.54) is 22.7 Å². The Balaban J connectivity index is 1.40. The fourth-order valence-electron chi connectivity index (χ4n) is 3.89. The molecular formula is C20H24N4O3S2. The van der Waals surface area contributed by atoms with E-state index in [4.69, 9.17) is 0 Å². The fraction of sp³-hybridized carbons (Fsp3) is 0.500. The van der Waals surface area contributed by atoms with Crippen molar-refractivity contribution in [2.75, 3.05) is 38.0 Å². The lowest BCUT2D eigenvalue weighted by atomic mass is 9.88. The minimum Gasteiger partial charge on any atom is -0.340 e. The summed E-state index contributed by atoms with van der Waals surface area (Å²) < 4.78 is 0. The summed E-state index contributed by atoms with van der Waals surface area (Å²) in [5, 5.41) is 5.03. The second kappa shape index (κ2) is 8.73. The van der Waals surface area contributed by atoms with E-state index in [9.17, 15) is 14.4 Å². The Bertz CT molecular complexity index is 901. The van der Waals surface area contributed by atoms with Crippen molar-refractivity contribution >= 4 is 45.4 Å². The van der Waals surface area contributed by atoms with Crippen molar-refractivity contribution in [3.8, 4) is 0 Å². The number of nitrogens with one attached hydrogen (secondary N) is 1. The first kappa shape index (κ1) is 20.2. The number of hydrogen-bond donors (Lipinski definition) is 1. The number of amides is 2. The molecule has 0 saturated carbocycles. The predicted octanol–water partition coefficient (Wildman–Crippen LogP) is 2.76. The van der Waals surface area contributed by atoms with Gasteiger partial charge in [-0.25, -0.2) is 4.98 Å². The number of ketones is 1. The molecular weight excluding hydrogens is 408 g/mol. The number of Topliss-reactive ketones (excluding diaryl/α,β-unsaturated/α-hetero) is 1. The van der Waals surface area contributed by atoms with E-state index in [1.807, 2.05) is 16.3 Å². The van der Waals surface area contributed by atoms with E-state index < -0.39 is 0 Å². The quantitative estimate of drug-likeness (QED) is 0.786. The van der Waals surface area contributed by atoms with E-state index in [-0.39, 0.29) is 29.9 Å². The first-order chi connectivity index (χ1) is 14.0. The standard InChI is InChI=1S/C20H24N4O3S2/c1-2-5-23-6-8-24(9-7-23)19(27)13-11-14-17(15(25)12-13)29-20(21-14)22-18(26)16-4-3-10-28-16/h3-4,10,13H,2,5-9,11-12H2,1H3,(H,21,22,26). The summed E-state index contributed by atoms with van der Waals surface area (Å²) >= 11 is 2.56. The molecule has 2 amide bonds. The van der Waals surface area contributed by atoms with Gasteiger partial charge in [-0.15, -0.1) is 11.3 Å². The second-order valence-corrected chi connectivity index (χ2v) is 9.37. The monoisotopic (exact) mass is 432 g/mol. The van der Waals surface area contributed by atoms with Gasteiger partial charge in [0.05, 0.1) is 21.4 Å². The van der Waals surface area contributed by atoms with Crippen LogP contribution in [-0.4, -0.2) is 65.1 Å². The van der Waals surface area contributed by atoms with Gasteiger partial charge >= 0.3 is 0 Å². The van der Waals surface area contributed by atoms with E-state index in [1.54, 1.807) is 6.07 Å². The van der Waals surface area contributed by atoms with Crippen LogP contribution in [-0.2, 0) is 11.2 Å². The van der Waals surface area contributed by atoms with Crippen molar-refractivity contribution in [1.82, 2.24) is 14.8 Å². The molecule has 0 spiro atoms. The smallest absolute Gasteiger partial charge is 0.267 e. The Morgan fingerprint density at radius 1 is 1.24 bits per heavy atom. The van der Waals surface area contributed by atoms with Crippen molar-refractivity contribution in [3.63, 3.8) is 0 Å². The molecule has 3 heterocycles. The minimum atomic E-state index is -0.351. The van der Waals surface area contributed by atoms with Crippen LogP contribution in [0.4, 0.5) is 5.13 Å². The molecule has 1 N–H and O–H groups in total. The van der Waals surface area contributed by atoms with Gasteiger partial charge in [0.15, 0.2) is 10.9 Å². The summed E-state index contributed by atoms with van der Waals surface area (Å²) in [4.78, 5) is 47.7. The van der Waals surface area contributed by atoms with Crippen LogP contribution >= 0.6 is 22.7 Å². The van der Waals surface area contributed by atoms with E-state index >= 15 is 0 Å². The number of anilines is 1. The summed E-state index contributed by atoms with van der Waals surface area (Å²) in [5.74, 6) is -0.576. The number of carbonyl (C=O) groups excluding carboxylic acids is 3. The Kier molecular flexibility index (Phi) is 6.07. The van der Waals surface area contributed by atoms with Gasteiger partial charge in [0, 0.05) is 39.0 Å². The highest BCUT2D eigenvalue weighted by Gasteiger charge is 2.36. The molecule has 0 bridgehead atoms. The molecule has 1 fully saturated rings. The van der Waals surface area contributed by atoms with Crippen LogP contribution in [0.25, 0.3) is 0 Å². The van der Waals surface area contributed by atoms with Crippen molar-refractivity contribution in [2.24, 2.45) is 5.92 Å². The van der Waals surface area contributed by atoms with Gasteiger partial charge in [-0.05, 0) is 24.4 Å². The third kappa shape index (κ3) is 4.41. The summed E-state index contributed by atoms with van der Waals surface area (Å²) in [6.45, 7) is 6.44. The Labute approximate surface area is 177 Å². The zero-order valence-corrected chi connectivity index (χ0v) is 18.0. The van der Waals surface area contributed by atoms with Crippen LogP contribution in [0.5, 0.6) is 0 Å². The lowest BCUT2D eigenvalue weighted by molar-refractivity contribution is -0.137. The number of piperazine rings is 1. The number of carbonyl (C=O) groups is 3. The number of aromatic nitrogens is 1. The maximum atomic E-state index is 13.0. The lowest BCUT2D eigenvalue weighted by Crippen LogP contribution is -2.51. The molecule has 2 aliphatic rings. The zero-order chi connectivity index (χ0) is 20.4. The van der Waals surface area contributed by atoms with Gasteiger partial charge in [-0.1, -0.05) is 24.3 Å². The molecule has 2 aromatic rings. The first-order valence-electron chi connectivity index (χ1n) is 9.94. The molecule has 29 heavy (non-hydrogen) atoms. The van der Waals surface area contributed by atoms with Crippen molar-refractivity contribution < 1.29 is 14.4 Å². The molecule has 1 atom stereocenters. The molecule has 1 aliphatic heterocycles. The summed E-state index contributed by atoms with van der Waals surface area (Å²) in [6, 6.07) is 3.56. The summed E-state index contributed by atoms with van der Waals surface area (Å²) in [7, 11) is 0. The molecule has 9 heteroatoms. The topological polar surface area (TPSA) is 82.6 Å². The fourth-order valence-corrected chi connectivity index (χ4v) is 5.45. The highest BCUT2D eigenvalue weighted by molar-refractivity contribution is 7.18. The predicted molar refractivity (Wildman–Crippen MR) is 114 cm³/mol. The maximum Gasteiger partial charge on any atom is 0.267 e. The SMILES string of the molecule is CCCN1CCN(C(=O)C2CC(=O)c3sc(NC(=O)c4cccs4)nc3C2)CC1. The molecule has 2 aromatic heterocycles. The minimum absolute atomic E-state index is 0.0525. The van der Waals surface area contributed by atoms with Crippen LogP contribution in [0.1, 0.15) is 44.8 Å². The molecule has 1 aliphatic carbocycles. The average Bonchev–Trinajstić information content (AvgIpc) is 3.38. The van der Waals surface area contributed by atoms with Crippen LogP contribution < -0.4 is 5.32 Å². The van der Waals surface area contributed by atoms with E-state index in [0.29, 0.717) is 27.0 Å². The molecule has 4 rings (SSSR count). The highest BCUT2D eigenvalue weighted by Crippen LogP contribution is 2.33. The first-order valence-corrected chi connectivity index (χ1v) is 11.6. The van der Waals surface area contributed by atoms with Gasteiger partial charge in [0.25, 0.3) is 5.91 Å². The van der Waals surface area contributed by atoms with Crippen molar-refractivity contribution in [2.45, 2.75) is 26.2 Å².